The Balaban J connectivity index is 1.57. The van der Waals surface area contributed by atoms with Crippen molar-refractivity contribution in [1.29, 1.82) is 0 Å². The maximum atomic E-state index is 12.1. The van der Waals surface area contributed by atoms with Gasteiger partial charge in [0.15, 0.2) is 0 Å². The lowest BCUT2D eigenvalue weighted by Gasteiger charge is -2.07. The normalized spacial score (nSPS) is 11.5. The number of rotatable bonds is 7. The van der Waals surface area contributed by atoms with Crippen LogP contribution in [0.5, 0.6) is 5.75 Å². The molecule has 3 aromatic rings. The van der Waals surface area contributed by atoms with Crippen LogP contribution in [0.2, 0.25) is 5.02 Å². The van der Waals surface area contributed by atoms with Gasteiger partial charge >= 0.3 is 0 Å². The number of nitrogens with one attached hydrogen (secondary N) is 1. The minimum atomic E-state index is -3.73. The Morgan fingerprint density at radius 2 is 1.75 bits per heavy atom. The maximum Gasteiger partial charge on any atom is 0.276 e. The number of nitrogens with zero attached hydrogens (tertiary/aromatic N) is 1. The van der Waals surface area contributed by atoms with Gasteiger partial charge in [-0.2, -0.15) is 13.5 Å². The van der Waals surface area contributed by atoms with Crippen LogP contribution in [0.25, 0.3) is 0 Å². The Morgan fingerprint density at radius 1 is 1.04 bits per heavy atom. The van der Waals surface area contributed by atoms with Crippen molar-refractivity contribution in [2.24, 2.45) is 5.10 Å². The van der Waals surface area contributed by atoms with E-state index in [9.17, 15) is 8.42 Å². The number of hydrazone groups is 1. The number of benzene rings is 3. The molecule has 0 saturated heterocycles. The second-order valence-corrected chi connectivity index (χ2v) is 8.81. The highest BCUT2D eigenvalue weighted by Crippen LogP contribution is 2.17. The van der Waals surface area contributed by atoms with Crippen LogP contribution in [0.15, 0.2) is 87.3 Å². The fourth-order valence-electron chi connectivity index (χ4n) is 2.28. The SMILES string of the molecule is O=S(=O)(N/N=C\c1ccc(OCc2cccc(Br)c2)cc1)c1ccc(Cl)cc1. The summed E-state index contributed by atoms with van der Waals surface area (Å²) in [5.74, 6) is 0.707. The van der Waals surface area contributed by atoms with Crippen LogP contribution in [-0.2, 0) is 16.6 Å². The van der Waals surface area contributed by atoms with Crippen molar-refractivity contribution >= 4 is 43.8 Å². The van der Waals surface area contributed by atoms with Gasteiger partial charge in [0, 0.05) is 9.50 Å². The molecule has 0 aliphatic carbocycles. The van der Waals surface area contributed by atoms with Gasteiger partial charge in [0.2, 0.25) is 0 Å². The topological polar surface area (TPSA) is 67.8 Å². The zero-order valence-corrected chi connectivity index (χ0v) is 17.7. The highest BCUT2D eigenvalue weighted by atomic mass is 79.9. The van der Waals surface area contributed by atoms with Crippen molar-refractivity contribution < 1.29 is 13.2 Å². The van der Waals surface area contributed by atoms with E-state index < -0.39 is 10.0 Å². The predicted octanol–water partition coefficient (Wildman–Crippen LogP) is 4.99. The van der Waals surface area contributed by atoms with Gasteiger partial charge in [-0.25, -0.2) is 4.83 Å². The predicted molar refractivity (Wildman–Crippen MR) is 114 cm³/mol. The average Bonchev–Trinajstić information content (AvgIpc) is 2.68. The van der Waals surface area contributed by atoms with Crippen LogP contribution in [0.4, 0.5) is 0 Å². The minimum Gasteiger partial charge on any atom is -0.489 e. The smallest absolute Gasteiger partial charge is 0.276 e. The van der Waals surface area contributed by atoms with E-state index in [0.29, 0.717) is 17.4 Å². The van der Waals surface area contributed by atoms with Crippen molar-refractivity contribution in [1.82, 2.24) is 4.83 Å². The van der Waals surface area contributed by atoms with Crippen molar-refractivity contribution in [2.45, 2.75) is 11.5 Å². The summed E-state index contributed by atoms with van der Waals surface area (Å²) in [6.45, 7) is 0.452. The second-order valence-electron chi connectivity index (χ2n) is 5.79. The lowest BCUT2D eigenvalue weighted by molar-refractivity contribution is 0.306. The van der Waals surface area contributed by atoms with Crippen LogP contribution in [0, 0.1) is 0 Å². The van der Waals surface area contributed by atoms with E-state index in [1.165, 1.54) is 30.5 Å². The number of hydrogen-bond donors (Lipinski definition) is 1. The number of halogens is 2. The molecule has 3 aromatic carbocycles. The summed E-state index contributed by atoms with van der Waals surface area (Å²) in [4.78, 5) is 2.26. The second kappa shape index (κ2) is 9.23. The van der Waals surface area contributed by atoms with Crippen molar-refractivity contribution in [3.05, 3.63) is 93.4 Å². The molecule has 0 aliphatic rings. The molecule has 0 aromatic heterocycles. The van der Waals surface area contributed by atoms with Crippen LogP contribution in [-0.4, -0.2) is 14.6 Å². The average molecular weight is 480 g/mol. The lowest BCUT2D eigenvalue weighted by Crippen LogP contribution is -2.18. The molecule has 0 atom stereocenters. The summed E-state index contributed by atoms with van der Waals surface area (Å²) in [6, 6.07) is 20.9. The molecule has 0 spiro atoms. The first-order chi connectivity index (χ1) is 13.4. The van der Waals surface area contributed by atoms with Gasteiger partial charge in [-0.1, -0.05) is 39.7 Å². The molecule has 0 radical (unpaired) electrons. The molecular formula is C20H16BrClN2O3S. The third-order valence-electron chi connectivity index (χ3n) is 3.69. The molecule has 0 bridgehead atoms. The van der Waals surface area contributed by atoms with Crippen LogP contribution >= 0.6 is 27.5 Å². The molecule has 1 N–H and O–H groups in total. The first-order valence-electron chi connectivity index (χ1n) is 8.20. The number of sulfonamides is 1. The first-order valence-corrected chi connectivity index (χ1v) is 10.9. The van der Waals surface area contributed by atoms with Crippen LogP contribution in [0.1, 0.15) is 11.1 Å². The van der Waals surface area contributed by atoms with Gasteiger partial charge in [-0.3, -0.25) is 0 Å². The molecule has 0 aliphatic heterocycles. The molecule has 0 amide bonds. The highest BCUT2D eigenvalue weighted by Gasteiger charge is 2.11. The molecule has 28 heavy (non-hydrogen) atoms. The third kappa shape index (κ3) is 5.82. The van der Waals surface area contributed by atoms with Crippen molar-refractivity contribution in [3.8, 4) is 5.75 Å². The largest absolute Gasteiger partial charge is 0.489 e. The van der Waals surface area contributed by atoms with Gasteiger partial charge < -0.3 is 4.74 Å². The molecule has 0 unspecified atom stereocenters. The zero-order valence-electron chi connectivity index (χ0n) is 14.5. The summed E-state index contributed by atoms with van der Waals surface area (Å²) in [6.07, 6.45) is 1.42. The summed E-state index contributed by atoms with van der Waals surface area (Å²) in [5, 5.41) is 4.27. The Hall–Kier alpha value is -2.35. The molecule has 0 heterocycles. The van der Waals surface area contributed by atoms with E-state index in [1.54, 1.807) is 24.3 Å². The zero-order chi connectivity index (χ0) is 20.0. The fraction of sp³-hybridized carbons (Fsp3) is 0.0500. The van der Waals surface area contributed by atoms with E-state index in [2.05, 4.69) is 25.9 Å². The lowest BCUT2D eigenvalue weighted by atomic mass is 10.2. The summed E-state index contributed by atoms with van der Waals surface area (Å²) in [7, 11) is -3.73. The Kier molecular flexibility index (Phi) is 6.72. The van der Waals surface area contributed by atoms with Gasteiger partial charge in [-0.15, -0.1) is 0 Å². The van der Waals surface area contributed by atoms with Crippen molar-refractivity contribution in [2.75, 3.05) is 0 Å². The summed E-state index contributed by atoms with van der Waals surface area (Å²) in [5.41, 5.74) is 1.78. The molecule has 0 saturated carbocycles. The highest BCUT2D eigenvalue weighted by molar-refractivity contribution is 9.10. The molecule has 5 nitrogen and oxygen atoms in total. The van der Waals surface area contributed by atoms with Gasteiger partial charge in [0.1, 0.15) is 12.4 Å². The Morgan fingerprint density at radius 3 is 2.43 bits per heavy atom. The van der Waals surface area contributed by atoms with Gasteiger partial charge in [0.25, 0.3) is 10.0 Å². The van der Waals surface area contributed by atoms with E-state index in [-0.39, 0.29) is 4.90 Å². The summed E-state index contributed by atoms with van der Waals surface area (Å²) < 4.78 is 31.0. The number of hydrogen-bond acceptors (Lipinski definition) is 4. The third-order valence-corrected chi connectivity index (χ3v) is 5.67. The van der Waals surface area contributed by atoms with E-state index in [0.717, 1.165) is 15.6 Å². The fourth-order valence-corrected chi connectivity index (χ4v) is 3.64. The number of ether oxygens (including phenoxy) is 1. The van der Waals surface area contributed by atoms with Gasteiger partial charge in [-0.05, 0) is 71.8 Å². The maximum absolute atomic E-state index is 12.1. The Labute approximate surface area is 177 Å². The molecule has 144 valence electrons. The van der Waals surface area contributed by atoms with E-state index in [1.807, 2.05) is 24.3 Å². The molecule has 0 fully saturated rings. The van der Waals surface area contributed by atoms with E-state index in [4.69, 9.17) is 16.3 Å². The van der Waals surface area contributed by atoms with Crippen molar-refractivity contribution in [3.63, 3.8) is 0 Å². The standard InChI is InChI=1S/C20H16BrClN2O3S/c21-17-3-1-2-16(12-17)14-27-19-8-4-15(5-9-19)13-23-24-28(25,26)20-10-6-18(22)7-11-20/h1-13,24H,14H2/b23-13-. The monoisotopic (exact) mass is 478 g/mol. The Bertz CT molecular complexity index is 1070. The van der Waals surface area contributed by atoms with Gasteiger partial charge in [0.05, 0.1) is 11.1 Å². The van der Waals surface area contributed by atoms with Crippen LogP contribution < -0.4 is 9.57 Å². The molecular weight excluding hydrogens is 464 g/mol. The molecule has 8 heteroatoms. The molecule has 3 rings (SSSR count). The first kappa shape index (κ1) is 20.4. The quantitative estimate of drug-likeness (QED) is 0.383. The van der Waals surface area contributed by atoms with Crippen LogP contribution in [0.3, 0.4) is 0 Å². The summed E-state index contributed by atoms with van der Waals surface area (Å²) >= 11 is 9.19. The van der Waals surface area contributed by atoms with E-state index >= 15 is 0 Å². The minimum absolute atomic E-state index is 0.0883.